The Kier molecular flexibility index (Phi) is 9.67. The number of likely N-dealkylation sites (tertiary alicyclic amines) is 1. The Bertz CT molecular complexity index is 920. The summed E-state index contributed by atoms with van der Waals surface area (Å²) in [6.07, 6.45) is 3.30. The van der Waals surface area contributed by atoms with Crippen molar-refractivity contribution in [1.82, 2.24) is 15.1 Å². The molecule has 194 valence electrons. The van der Waals surface area contributed by atoms with Crippen molar-refractivity contribution in [2.75, 3.05) is 20.6 Å². The van der Waals surface area contributed by atoms with E-state index >= 15 is 0 Å². The van der Waals surface area contributed by atoms with Crippen LogP contribution in [-0.2, 0) is 14.4 Å². The summed E-state index contributed by atoms with van der Waals surface area (Å²) in [6, 6.07) is 8.80. The molecule has 0 aliphatic carbocycles. The first-order valence-corrected chi connectivity index (χ1v) is 12.5. The number of carboxylic acid groups (broad SMARTS) is 1. The monoisotopic (exact) mass is 485 g/mol. The van der Waals surface area contributed by atoms with Crippen LogP contribution in [0.25, 0.3) is 0 Å². The average Bonchev–Trinajstić information content (AvgIpc) is 2.79. The maximum Gasteiger partial charge on any atom is 0.331 e. The first-order valence-electron chi connectivity index (χ1n) is 12.5. The summed E-state index contributed by atoms with van der Waals surface area (Å²) in [6.45, 7) is 12.0. The third-order valence-corrected chi connectivity index (χ3v) is 7.08. The molecule has 4 atom stereocenters. The second-order valence-corrected chi connectivity index (χ2v) is 11.3. The van der Waals surface area contributed by atoms with E-state index in [0.717, 1.165) is 13.0 Å². The van der Waals surface area contributed by atoms with Crippen LogP contribution < -0.4 is 5.32 Å². The number of nitrogens with zero attached hydrogens (tertiary/aromatic N) is 2. The molecule has 2 N–H and O–H groups in total. The minimum Gasteiger partial charge on any atom is -0.478 e. The van der Waals surface area contributed by atoms with Gasteiger partial charge in [0.25, 0.3) is 0 Å². The SMILES string of the molecule is CC(=C[C@H](C(C)C)N(C)C(=O)[C@@H](NC(=O)C1CC(c2ccccc2)CCN1C)C(C)(C)C)C(=O)O. The van der Waals surface area contributed by atoms with Crippen LogP contribution in [-0.4, -0.2) is 71.5 Å². The number of rotatable bonds is 8. The fourth-order valence-electron chi connectivity index (χ4n) is 4.73. The van der Waals surface area contributed by atoms with Crippen LogP contribution >= 0.6 is 0 Å². The van der Waals surface area contributed by atoms with Crippen molar-refractivity contribution >= 4 is 17.8 Å². The van der Waals surface area contributed by atoms with E-state index in [-0.39, 0.29) is 29.3 Å². The van der Waals surface area contributed by atoms with Crippen LogP contribution in [0.4, 0.5) is 0 Å². The standard InChI is InChI=1S/C28H43N3O4/c1-18(2)22(16-19(3)27(34)35)31(8)26(33)24(28(4,5)6)29-25(32)23-17-21(14-15-30(23)7)20-12-10-9-11-13-20/h9-13,16,18,21-24H,14-15,17H2,1-8H3,(H,29,32)(H,34,35)/t21?,22-,23?,24-/m1/s1. The van der Waals surface area contributed by atoms with E-state index in [1.54, 1.807) is 18.0 Å². The molecule has 1 aliphatic rings. The molecule has 2 rings (SSSR count). The van der Waals surface area contributed by atoms with Crippen LogP contribution in [0.5, 0.6) is 0 Å². The number of aliphatic carboxylic acids is 1. The lowest BCUT2D eigenvalue weighted by molar-refractivity contribution is -0.141. The van der Waals surface area contributed by atoms with Gasteiger partial charge in [0.2, 0.25) is 11.8 Å². The zero-order valence-electron chi connectivity index (χ0n) is 22.5. The van der Waals surface area contributed by atoms with Gasteiger partial charge in [-0.15, -0.1) is 0 Å². The Morgan fingerprint density at radius 1 is 1.17 bits per heavy atom. The Hall–Kier alpha value is -2.67. The van der Waals surface area contributed by atoms with E-state index in [2.05, 4.69) is 22.3 Å². The maximum atomic E-state index is 13.7. The highest BCUT2D eigenvalue weighted by atomic mass is 16.4. The third kappa shape index (κ3) is 7.40. The molecule has 7 heteroatoms. The number of likely N-dealkylation sites (N-methyl/N-ethyl adjacent to an activating group) is 2. The lowest BCUT2D eigenvalue weighted by Crippen LogP contribution is -2.60. The zero-order chi connectivity index (χ0) is 26.5. The highest BCUT2D eigenvalue weighted by Gasteiger charge is 2.40. The lowest BCUT2D eigenvalue weighted by Gasteiger charge is -2.40. The van der Waals surface area contributed by atoms with E-state index in [9.17, 15) is 19.5 Å². The average molecular weight is 486 g/mol. The van der Waals surface area contributed by atoms with Crippen LogP contribution in [0.3, 0.4) is 0 Å². The molecule has 2 amide bonds. The third-order valence-electron chi connectivity index (χ3n) is 7.08. The number of carbonyl (C=O) groups is 3. The second kappa shape index (κ2) is 11.8. The van der Waals surface area contributed by atoms with Gasteiger partial charge in [-0.25, -0.2) is 4.79 Å². The minimum atomic E-state index is -1.01. The van der Waals surface area contributed by atoms with Crippen molar-refractivity contribution in [3.8, 4) is 0 Å². The number of hydrogen-bond acceptors (Lipinski definition) is 4. The molecule has 1 aromatic carbocycles. The van der Waals surface area contributed by atoms with Gasteiger partial charge in [-0.3, -0.25) is 14.5 Å². The summed E-state index contributed by atoms with van der Waals surface area (Å²) in [4.78, 5) is 42.3. The first kappa shape index (κ1) is 28.6. The molecule has 1 heterocycles. The number of carbonyl (C=O) groups excluding carboxylic acids is 2. The van der Waals surface area contributed by atoms with Gasteiger partial charge in [-0.1, -0.05) is 71.0 Å². The molecule has 0 radical (unpaired) electrons. The number of benzene rings is 1. The largest absolute Gasteiger partial charge is 0.478 e. The first-order chi connectivity index (χ1) is 16.2. The molecular formula is C28H43N3O4. The summed E-state index contributed by atoms with van der Waals surface area (Å²) < 4.78 is 0. The number of piperidine rings is 1. The van der Waals surface area contributed by atoms with E-state index < -0.39 is 23.5 Å². The number of hydrogen-bond donors (Lipinski definition) is 2. The Morgan fingerprint density at radius 2 is 1.77 bits per heavy atom. The molecule has 2 unspecified atom stereocenters. The predicted octanol–water partition coefficient (Wildman–Crippen LogP) is 3.91. The van der Waals surface area contributed by atoms with Gasteiger partial charge in [0, 0.05) is 12.6 Å². The molecule has 1 fully saturated rings. The van der Waals surface area contributed by atoms with Crippen LogP contribution in [0, 0.1) is 11.3 Å². The number of carboxylic acids is 1. The molecule has 1 aliphatic heterocycles. The maximum absolute atomic E-state index is 13.7. The summed E-state index contributed by atoms with van der Waals surface area (Å²) >= 11 is 0. The predicted molar refractivity (Wildman–Crippen MR) is 139 cm³/mol. The fourth-order valence-corrected chi connectivity index (χ4v) is 4.73. The van der Waals surface area contributed by atoms with Gasteiger partial charge < -0.3 is 15.3 Å². The topological polar surface area (TPSA) is 90.0 Å². The van der Waals surface area contributed by atoms with Crippen molar-refractivity contribution < 1.29 is 19.5 Å². The molecule has 0 spiro atoms. The van der Waals surface area contributed by atoms with Gasteiger partial charge in [0.05, 0.1) is 12.1 Å². The summed E-state index contributed by atoms with van der Waals surface area (Å²) in [5.41, 5.74) is 0.901. The molecular weight excluding hydrogens is 442 g/mol. The fraction of sp³-hybridized carbons (Fsp3) is 0.607. The second-order valence-electron chi connectivity index (χ2n) is 11.3. The zero-order valence-corrected chi connectivity index (χ0v) is 22.5. The minimum absolute atomic E-state index is 0.00526. The summed E-state index contributed by atoms with van der Waals surface area (Å²) in [7, 11) is 3.64. The summed E-state index contributed by atoms with van der Waals surface area (Å²) in [5, 5.41) is 12.4. The van der Waals surface area contributed by atoms with Crippen molar-refractivity contribution in [2.24, 2.45) is 11.3 Å². The molecule has 0 bridgehead atoms. The van der Waals surface area contributed by atoms with E-state index in [0.29, 0.717) is 12.3 Å². The van der Waals surface area contributed by atoms with E-state index in [1.165, 1.54) is 12.5 Å². The van der Waals surface area contributed by atoms with Gasteiger partial charge >= 0.3 is 5.97 Å². The highest BCUT2D eigenvalue weighted by molar-refractivity contribution is 5.91. The van der Waals surface area contributed by atoms with Gasteiger partial charge in [0.15, 0.2) is 0 Å². The summed E-state index contributed by atoms with van der Waals surface area (Å²) in [5.74, 6) is -1.08. The smallest absolute Gasteiger partial charge is 0.331 e. The lowest BCUT2D eigenvalue weighted by atomic mass is 9.83. The van der Waals surface area contributed by atoms with Crippen molar-refractivity contribution in [1.29, 1.82) is 0 Å². The van der Waals surface area contributed by atoms with Gasteiger partial charge in [0.1, 0.15) is 6.04 Å². The van der Waals surface area contributed by atoms with Crippen LogP contribution in [0.1, 0.15) is 65.9 Å². The van der Waals surface area contributed by atoms with Crippen molar-refractivity contribution in [3.63, 3.8) is 0 Å². The van der Waals surface area contributed by atoms with E-state index in [1.807, 2.05) is 59.9 Å². The van der Waals surface area contributed by atoms with Gasteiger partial charge in [-0.05, 0) is 56.2 Å². The Balaban J connectivity index is 2.25. The van der Waals surface area contributed by atoms with E-state index in [4.69, 9.17) is 0 Å². The van der Waals surface area contributed by atoms with Crippen molar-refractivity contribution in [3.05, 3.63) is 47.5 Å². The molecule has 1 saturated heterocycles. The van der Waals surface area contributed by atoms with Crippen LogP contribution in [0.2, 0.25) is 0 Å². The Labute approximate surface area is 210 Å². The molecule has 7 nitrogen and oxygen atoms in total. The normalized spacial score (nSPS) is 21.3. The Morgan fingerprint density at radius 3 is 2.29 bits per heavy atom. The molecule has 1 aromatic rings. The number of nitrogens with one attached hydrogen (secondary N) is 1. The highest BCUT2D eigenvalue weighted by Crippen LogP contribution is 2.31. The molecule has 0 aromatic heterocycles. The molecule has 0 saturated carbocycles. The molecule has 35 heavy (non-hydrogen) atoms. The van der Waals surface area contributed by atoms with Crippen molar-refractivity contribution in [2.45, 2.75) is 78.4 Å². The van der Waals surface area contributed by atoms with Crippen LogP contribution in [0.15, 0.2) is 42.0 Å². The van der Waals surface area contributed by atoms with Gasteiger partial charge in [-0.2, -0.15) is 0 Å². The quantitative estimate of drug-likeness (QED) is 0.545. The number of amides is 2.